The highest BCUT2D eigenvalue weighted by Gasteiger charge is 2.40. The summed E-state index contributed by atoms with van der Waals surface area (Å²) in [6, 6.07) is 7.42. The summed E-state index contributed by atoms with van der Waals surface area (Å²) in [7, 11) is 0. The third-order valence-corrected chi connectivity index (χ3v) is 5.41. The summed E-state index contributed by atoms with van der Waals surface area (Å²) >= 11 is 0. The maximum absolute atomic E-state index is 13.2. The van der Waals surface area contributed by atoms with Gasteiger partial charge in [-0.05, 0) is 36.2 Å². The number of carbonyl (C=O) groups excluding carboxylic acids is 4. The van der Waals surface area contributed by atoms with Gasteiger partial charge < -0.3 is 20.1 Å². The average molecular weight is 505 g/mol. The number of hydrogen-bond acceptors (Lipinski definition) is 7. The predicted molar refractivity (Wildman–Crippen MR) is 134 cm³/mol. The summed E-state index contributed by atoms with van der Waals surface area (Å²) in [4.78, 5) is 51.0. The smallest absolute Gasteiger partial charge is 0.426 e. The molecule has 10 heteroatoms. The van der Waals surface area contributed by atoms with E-state index in [0.29, 0.717) is 19.4 Å². The number of nitrogens with one attached hydrogen (secondary N) is 3. The molecule has 200 valence electrons. The number of hydrogen-bond donors (Lipinski definition) is 3. The Morgan fingerprint density at radius 2 is 1.56 bits per heavy atom. The van der Waals surface area contributed by atoms with Crippen LogP contribution in [0.4, 0.5) is 9.59 Å². The molecule has 0 radical (unpaired) electrons. The average Bonchev–Trinajstić information content (AvgIpc) is 3.15. The monoisotopic (exact) mass is 504 g/mol. The summed E-state index contributed by atoms with van der Waals surface area (Å²) < 4.78 is 10.5. The lowest BCUT2D eigenvalue weighted by Crippen LogP contribution is -2.55. The van der Waals surface area contributed by atoms with Crippen LogP contribution >= 0.6 is 0 Å². The molecule has 1 saturated heterocycles. The van der Waals surface area contributed by atoms with Gasteiger partial charge in [-0.1, -0.05) is 71.9 Å². The Kier molecular flexibility index (Phi) is 11.2. The zero-order valence-corrected chi connectivity index (χ0v) is 22.1. The van der Waals surface area contributed by atoms with E-state index < -0.39 is 42.2 Å². The van der Waals surface area contributed by atoms with Gasteiger partial charge in [-0.15, -0.1) is 0 Å². The van der Waals surface area contributed by atoms with E-state index in [1.807, 2.05) is 71.9 Å². The van der Waals surface area contributed by atoms with Crippen molar-refractivity contribution in [1.82, 2.24) is 21.1 Å². The number of ketones is 1. The van der Waals surface area contributed by atoms with Crippen molar-refractivity contribution in [1.29, 1.82) is 0 Å². The Morgan fingerprint density at radius 3 is 2.14 bits per heavy atom. The highest BCUT2D eigenvalue weighted by Crippen LogP contribution is 2.15. The van der Waals surface area contributed by atoms with Crippen LogP contribution in [0.25, 0.3) is 0 Å². The van der Waals surface area contributed by atoms with Crippen molar-refractivity contribution in [2.75, 3.05) is 6.54 Å². The summed E-state index contributed by atoms with van der Waals surface area (Å²) in [5.74, 6) is -0.601. The number of carbonyl (C=O) groups is 4. The Balaban J connectivity index is 2.05. The first kappa shape index (κ1) is 29.1. The third kappa shape index (κ3) is 9.49. The van der Waals surface area contributed by atoms with Crippen LogP contribution in [0.5, 0.6) is 0 Å². The molecule has 2 unspecified atom stereocenters. The number of nitrogens with zero attached hydrogens (tertiary/aromatic N) is 1. The maximum atomic E-state index is 13.2. The first-order chi connectivity index (χ1) is 17.0. The minimum atomic E-state index is -1.19. The first-order valence-electron chi connectivity index (χ1n) is 12.5. The van der Waals surface area contributed by atoms with E-state index in [9.17, 15) is 19.2 Å². The molecule has 3 amide bonds. The van der Waals surface area contributed by atoms with Crippen LogP contribution in [0.3, 0.4) is 0 Å². The van der Waals surface area contributed by atoms with Gasteiger partial charge >= 0.3 is 12.2 Å². The lowest BCUT2D eigenvalue weighted by molar-refractivity contribution is -0.134. The van der Waals surface area contributed by atoms with Crippen molar-refractivity contribution < 1.29 is 28.7 Å². The normalized spacial score (nSPS) is 17.2. The highest BCUT2D eigenvalue weighted by molar-refractivity contribution is 5.95. The molecule has 0 aromatic heterocycles. The lowest BCUT2D eigenvalue weighted by Gasteiger charge is -2.26. The molecule has 1 aromatic carbocycles. The van der Waals surface area contributed by atoms with E-state index in [-0.39, 0.29) is 24.4 Å². The van der Waals surface area contributed by atoms with Gasteiger partial charge in [-0.25, -0.2) is 14.6 Å². The number of Topliss-reactive ketones (excluding diaryl/α,β-unsaturated/α-hetero) is 1. The molecular weight excluding hydrogens is 464 g/mol. The largest absolute Gasteiger partial charge is 0.445 e. The molecule has 0 saturated carbocycles. The summed E-state index contributed by atoms with van der Waals surface area (Å²) in [5.41, 5.74) is 3.62. The van der Waals surface area contributed by atoms with Crippen LogP contribution in [0.1, 0.15) is 59.9 Å². The summed E-state index contributed by atoms with van der Waals surface area (Å²) in [5, 5.41) is 6.67. The van der Waals surface area contributed by atoms with Crippen molar-refractivity contribution >= 4 is 23.9 Å². The van der Waals surface area contributed by atoms with Gasteiger partial charge in [-0.2, -0.15) is 5.43 Å². The standard InChI is InChI=1S/C26H40N4O6/c1-16(2)12-20(22(31)24-29-30(14-18(5)6)26(34)36-24)27-23(32)21(13-17(3)4)28-25(33)35-15-19-10-8-7-9-11-19/h7-11,16-18,20-21,24,29H,12-15H2,1-6H3,(H,27,32)(H,28,33)/t20?,21-,24?/m0/s1. The van der Waals surface area contributed by atoms with Gasteiger partial charge in [0, 0.05) is 6.54 Å². The van der Waals surface area contributed by atoms with Crippen LogP contribution in [0.15, 0.2) is 30.3 Å². The fourth-order valence-electron chi connectivity index (χ4n) is 3.78. The third-order valence-electron chi connectivity index (χ3n) is 5.41. The van der Waals surface area contributed by atoms with E-state index in [1.165, 1.54) is 5.01 Å². The fraction of sp³-hybridized carbons (Fsp3) is 0.615. The molecule has 1 aliphatic heterocycles. The molecule has 36 heavy (non-hydrogen) atoms. The molecule has 1 fully saturated rings. The SMILES string of the molecule is CC(C)CC(NC(=O)[C@H](CC(C)C)NC(=O)OCc1ccccc1)C(=O)C1NN(CC(C)C)C(=O)O1. The van der Waals surface area contributed by atoms with Gasteiger partial charge in [0.05, 0.1) is 6.04 Å². The number of benzene rings is 1. The molecule has 0 spiro atoms. The minimum Gasteiger partial charge on any atom is -0.445 e. The summed E-state index contributed by atoms with van der Waals surface area (Å²) in [6.45, 7) is 12.1. The Labute approximate surface area is 213 Å². The Morgan fingerprint density at radius 1 is 0.944 bits per heavy atom. The number of amides is 3. The van der Waals surface area contributed by atoms with Gasteiger partial charge in [0.25, 0.3) is 0 Å². The zero-order chi connectivity index (χ0) is 26.8. The van der Waals surface area contributed by atoms with Gasteiger partial charge in [0.1, 0.15) is 12.6 Å². The Hall–Kier alpha value is -3.14. The quantitative estimate of drug-likeness (QED) is 0.376. The molecule has 0 bridgehead atoms. The number of ether oxygens (including phenoxy) is 2. The van der Waals surface area contributed by atoms with Crippen LogP contribution in [-0.2, 0) is 25.7 Å². The van der Waals surface area contributed by atoms with E-state index in [0.717, 1.165) is 5.56 Å². The van der Waals surface area contributed by atoms with E-state index >= 15 is 0 Å². The zero-order valence-electron chi connectivity index (χ0n) is 22.1. The molecule has 3 atom stereocenters. The highest BCUT2D eigenvalue weighted by atomic mass is 16.6. The predicted octanol–water partition coefficient (Wildman–Crippen LogP) is 3.37. The van der Waals surface area contributed by atoms with Crippen molar-refractivity contribution in [3.05, 3.63) is 35.9 Å². The van der Waals surface area contributed by atoms with Crippen molar-refractivity contribution in [2.45, 2.75) is 79.3 Å². The lowest BCUT2D eigenvalue weighted by atomic mass is 9.97. The number of alkyl carbamates (subject to hydrolysis) is 1. The van der Waals surface area contributed by atoms with Crippen LogP contribution in [0, 0.1) is 17.8 Å². The molecule has 2 rings (SSSR count). The van der Waals surface area contributed by atoms with Crippen LogP contribution in [0.2, 0.25) is 0 Å². The maximum Gasteiger partial charge on any atom is 0.426 e. The molecule has 0 aliphatic carbocycles. The number of hydrazine groups is 1. The molecule has 1 heterocycles. The van der Waals surface area contributed by atoms with E-state index in [1.54, 1.807) is 0 Å². The van der Waals surface area contributed by atoms with Crippen molar-refractivity contribution in [3.63, 3.8) is 0 Å². The van der Waals surface area contributed by atoms with Crippen LogP contribution in [-0.4, -0.2) is 53.7 Å². The van der Waals surface area contributed by atoms with Crippen molar-refractivity contribution in [2.24, 2.45) is 17.8 Å². The van der Waals surface area contributed by atoms with Gasteiger partial charge in [0.2, 0.25) is 17.9 Å². The molecular formula is C26H40N4O6. The van der Waals surface area contributed by atoms with E-state index in [4.69, 9.17) is 9.47 Å². The second-order valence-corrected chi connectivity index (χ2v) is 10.4. The summed E-state index contributed by atoms with van der Waals surface area (Å²) in [6.07, 6.45) is -1.84. The van der Waals surface area contributed by atoms with Gasteiger partial charge in [0.15, 0.2) is 0 Å². The topological polar surface area (TPSA) is 126 Å². The van der Waals surface area contributed by atoms with Crippen molar-refractivity contribution in [3.8, 4) is 0 Å². The Bertz CT molecular complexity index is 890. The molecule has 1 aromatic rings. The number of cyclic esters (lactones) is 1. The second kappa shape index (κ2) is 13.8. The van der Waals surface area contributed by atoms with E-state index in [2.05, 4.69) is 16.1 Å². The molecule has 3 N–H and O–H groups in total. The van der Waals surface area contributed by atoms with Crippen LogP contribution < -0.4 is 16.1 Å². The number of rotatable bonds is 13. The minimum absolute atomic E-state index is 0.0722. The van der Waals surface area contributed by atoms with Gasteiger partial charge in [-0.3, -0.25) is 9.59 Å². The fourth-order valence-corrected chi connectivity index (χ4v) is 3.78. The first-order valence-corrected chi connectivity index (χ1v) is 12.5. The molecule has 1 aliphatic rings. The second-order valence-electron chi connectivity index (χ2n) is 10.4. The molecule has 10 nitrogen and oxygen atoms in total.